The topological polar surface area (TPSA) is 52.6 Å². The third kappa shape index (κ3) is 3.47. The molecule has 0 bridgehead atoms. The first kappa shape index (κ1) is 13.9. The Morgan fingerprint density at radius 2 is 2.11 bits per heavy atom. The number of rotatable bonds is 4. The minimum absolute atomic E-state index is 0.0475. The first-order chi connectivity index (χ1) is 9.08. The first-order valence-corrected chi connectivity index (χ1v) is 6.90. The fraction of sp³-hybridized carbons (Fsp3) is 0.533. The molecule has 0 aliphatic carbocycles. The molecule has 1 saturated heterocycles. The van der Waals surface area contributed by atoms with Gasteiger partial charge >= 0.3 is 0 Å². The highest BCUT2D eigenvalue weighted by atomic mass is 16.3. The molecule has 2 N–H and O–H groups in total. The second-order valence-corrected chi connectivity index (χ2v) is 5.32. The molecule has 1 aromatic rings. The quantitative estimate of drug-likeness (QED) is 0.871. The lowest BCUT2D eigenvalue weighted by molar-refractivity contribution is 0.0937. The molecule has 4 nitrogen and oxygen atoms in total. The van der Waals surface area contributed by atoms with Crippen LogP contribution in [0.2, 0.25) is 0 Å². The van der Waals surface area contributed by atoms with Crippen LogP contribution in [0.1, 0.15) is 35.7 Å². The van der Waals surface area contributed by atoms with Crippen molar-refractivity contribution in [2.75, 3.05) is 19.6 Å². The number of likely N-dealkylation sites (tertiary alicyclic amines) is 1. The number of hydrogen-bond donors (Lipinski definition) is 2. The Kier molecular flexibility index (Phi) is 4.43. The van der Waals surface area contributed by atoms with Gasteiger partial charge < -0.3 is 10.4 Å². The van der Waals surface area contributed by atoms with Crippen molar-refractivity contribution in [3.8, 4) is 5.75 Å². The van der Waals surface area contributed by atoms with Crippen LogP contribution < -0.4 is 5.32 Å². The van der Waals surface area contributed by atoms with Gasteiger partial charge in [-0.3, -0.25) is 9.69 Å². The summed E-state index contributed by atoms with van der Waals surface area (Å²) in [7, 11) is 0. The Hall–Kier alpha value is -1.55. The van der Waals surface area contributed by atoms with E-state index >= 15 is 0 Å². The highest BCUT2D eigenvalue weighted by Crippen LogP contribution is 2.18. The van der Waals surface area contributed by atoms with Crippen molar-refractivity contribution >= 4 is 5.91 Å². The number of hydrogen-bond acceptors (Lipinski definition) is 3. The third-order valence-electron chi connectivity index (χ3n) is 3.72. The van der Waals surface area contributed by atoms with Gasteiger partial charge in [-0.1, -0.05) is 6.07 Å². The Labute approximate surface area is 114 Å². The number of phenols is 1. The van der Waals surface area contributed by atoms with Gasteiger partial charge in [-0.25, -0.2) is 0 Å². The van der Waals surface area contributed by atoms with Gasteiger partial charge in [-0.15, -0.1) is 0 Å². The molecule has 1 fully saturated rings. The standard InChI is InChI=1S/C15H22N2O2/c1-11-5-6-13(14(18)9-11)15(19)16-10-12(2)17-7-3-4-8-17/h5-6,9,12,18H,3-4,7-8,10H2,1-2H3,(H,16,19). The zero-order valence-corrected chi connectivity index (χ0v) is 11.6. The maximum atomic E-state index is 12.0. The first-order valence-electron chi connectivity index (χ1n) is 6.90. The van der Waals surface area contributed by atoms with E-state index in [9.17, 15) is 9.90 Å². The fourth-order valence-electron chi connectivity index (χ4n) is 2.48. The highest BCUT2D eigenvalue weighted by molar-refractivity contribution is 5.96. The van der Waals surface area contributed by atoms with Crippen molar-refractivity contribution in [2.24, 2.45) is 0 Å². The van der Waals surface area contributed by atoms with Crippen LogP contribution in [0.15, 0.2) is 18.2 Å². The van der Waals surface area contributed by atoms with E-state index in [1.54, 1.807) is 12.1 Å². The molecule has 1 aliphatic rings. The SMILES string of the molecule is Cc1ccc(C(=O)NCC(C)N2CCCC2)c(O)c1. The molecule has 1 aliphatic heterocycles. The van der Waals surface area contributed by atoms with Gasteiger partial charge in [0.25, 0.3) is 5.91 Å². The van der Waals surface area contributed by atoms with Crippen LogP contribution in [0.5, 0.6) is 5.75 Å². The summed E-state index contributed by atoms with van der Waals surface area (Å²) in [6.07, 6.45) is 2.49. The Balaban J connectivity index is 1.90. The van der Waals surface area contributed by atoms with Crippen LogP contribution in [-0.4, -0.2) is 41.6 Å². The lowest BCUT2D eigenvalue weighted by Crippen LogP contribution is -2.40. The summed E-state index contributed by atoms with van der Waals surface area (Å²) < 4.78 is 0. The molecule has 2 rings (SSSR count). The average Bonchev–Trinajstić information content (AvgIpc) is 2.89. The number of nitrogens with zero attached hydrogens (tertiary/aromatic N) is 1. The van der Waals surface area contributed by atoms with Crippen LogP contribution >= 0.6 is 0 Å². The van der Waals surface area contributed by atoms with Crippen molar-refractivity contribution < 1.29 is 9.90 Å². The number of aryl methyl sites for hydroxylation is 1. The number of phenolic OH excluding ortho intramolecular Hbond substituents is 1. The van der Waals surface area contributed by atoms with E-state index in [0.717, 1.165) is 18.7 Å². The monoisotopic (exact) mass is 262 g/mol. The van der Waals surface area contributed by atoms with E-state index in [1.807, 2.05) is 13.0 Å². The summed E-state index contributed by atoms with van der Waals surface area (Å²) in [5.41, 5.74) is 1.29. The number of nitrogens with one attached hydrogen (secondary N) is 1. The van der Waals surface area contributed by atoms with Crippen molar-refractivity contribution in [2.45, 2.75) is 32.7 Å². The van der Waals surface area contributed by atoms with Crippen molar-refractivity contribution in [1.82, 2.24) is 10.2 Å². The van der Waals surface area contributed by atoms with Crippen molar-refractivity contribution in [3.05, 3.63) is 29.3 Å². The van der Waals surface area contributed by atoms with Crippen LogP contribution in [-0.2, 0) is 0 Å². The van der Waals surface area contributed by atoms with E-state index in [1.165, 1.54) is 12.8 Å². The second kappa shape index (κ2) is 6.06. The normalized spacial score (nSPS) is 17.4. The van der Waals surface area contributed by atoms with Crippen LogP contribution in [0.4, 0.5) is 0 Å². The predicted molar refractivity (Wildman–Crippen MR) is 75.4 cm³/mol. The van der Waals surface area contributed by atoms with Crippen LogP contribution in [0.3, 0.4) is 0 Å². The predicted octanol–water partition coefficient (Wildman–Crippen LogP) is 1.91. The summed E-state index contributed by atoms with van der Waals surface area (Å²) in [5, 5.41) is 12.7. The number of carbonyl (C=O) groups is 1. The van der Waals surface area contributed by atoms with Crippen molar-refractivity contribution in [3.63, 3.8) is 0 Å². The summed E-state index contributed by atoms with van der Waals surface area (Å²) >= 11 is 0. The molecule has 19 heavy (non-hydrogen) atoms. The molecular formula is C15H22N2O2. The molecule has 0 radical (unpaired) electrons. The smallest absolute Gasteiger partial charge is 0.255 e. The number of aromatic hydroxyl groups is 1. The van der Waals surface area contributed by atoms with Gasteiger partial charge in [0.2, 0.25) is 0 Å². The van der Waals surface area contributed by atoms with Gasteiger partial charge in [-0.05, 0) is 57.5 Å². The van der Waals surface area contributed by atoms with Gasteiger partial charge in [0.05, 0.1) is 5.56 Å². The maximum Gasteiger partial charge on any atom is 0.255 e. The molecule has 1 heterocycles. The molecular weight excluding hydrogens is 240 g/mol. The highest BCUT2D eigenvalue weighted by Gasteiger charge is 2.19. The van der Waals surface area contributed by atoms with E-state index < -0.39 is 0 Å². The zero-order valence-electron chi connectivity index (χ0n) is 11.6. The van der Waals surface area contributed by atoms with Crippen molar-refractivity contribution in [1.29, 1.82) is 0 Å². The van der Waals surface area contributed by atoms with E-state index in [4.69, 9.17) is 0 Å². The minimum Gasteiger partial charge on any atom is -0.507 e. The van der Waals surface area contributed by atoms with Gasteiger partial charge in [0.15, 0.2) is 0 Å². The van der Waals surface area contributed by atoms with E-state index in [0.29, 0.717) is 18.2 Å². The molecule has 1 amide bonds. The minimum atomic E-state index is -0.205. The number of benzene rings is 1. The second-order valence-electron chi connectivity index (χ2n) is 5.32. The lowest BCUT2D eigenvalue weighted by Gasteiger charge is -2.23. The molecule has 104 valence electrons. The lowest BCUT2D eigenvalue weighted by atomic mass is 10.1. The maximum absolute atomic E-state index is 12.0. The summed E-state index contributed by atoms with van der Waals surface area (Å²) in [6, 6.07) is 5.46. The number of amides is 1. The largest absolute Gasteiger partial charge is 0.507 e. The van der Waals surface area contributed by atoms with Gasteiger partial charge in [-0.2, -0.15) is 0 Å². The molecule has 4 heteroatoms. The molecule has 0 aromatic heterocycles. The van der Waals surface area contributed by atoms with Gasteiger partial charge in [0, 0.05) is 12.6 Å². The van der Waals surface area contributed by atoms with Crippen LogP contribution in [0, 0.1) is 6.92 Å². The van der Waals surface area contributed by atoms with Gasteiger partial charge in [0.1, 0.15) is 5.75 Å². The van der Waals surface area contributed by atoms with Crippen LogP contribution in [0.25, 0.3) is 0 Å². The Bertz CT molecular complexity index is 453. The zero-order chi connectivity index (χ0) is 13.8. The molecule has 0 saturated carbocycles. The molecule has 0 spiro atoms. The summed E-state index contributed by atoms with van der Waals surface area (Å²) in [6.45, 7) is 6.86. The number of carbonyl (C=O) groups excluding carboxylic acids is 1. The Morgan fingerprint density at radius 1 is 1.42 bits per heavy atom. The third-order valence-corrected chi connectivity index (χ3v) is 3.72. The molecule has 1 atom stereocenters. The fourth-order valence-corrected chi connectivity index (χ4v) is 2.48. The molecule has 1 aromatic carbocycles. The summed E-state index contributed by atoms with van der Waals surface area (Å²) in [5.74, 6) is -0.158. The van der Waals surface area contributed by atoms with E-state index in [2.05, 4.69) is 17.1 Å². The summed E-state index contributed by atoms with van der Waals surface area (Å²) in [4.78, 5) is 14.4. The Morgan fingerprint density at radius 3 is 2.74 bits per heavy atom. The average molecular weight is 262 g/mol. The van der Waals surface area contributed by atoms with E-state index in [-0.39, 0.29) is 11.7 Å². The molecule has 1 unspecified atom stereocenters.